The van der Waals surface area contributed by atoms with Crippen LogP contribution in [0.2, 0.25) is 0 Å². The molecular formula is C23H38. The van der Waals surface area contributed by atoms with Crippen LogP contribution in [-0.4, -0.2) is 0 Å². The van der Waals surface area contributed by atoms with Crippen molar-refractivity contribution in [2.45, 2.75) is 80.6 Å². The summed E-state index contributed by atoms with van der Waals surface area (Å²) < 4.78 is 0. The Morgan fingerprint density at radius 3 is 2.22 bits per heavy atom. The smallest absolute Gasteiger partial charge is 0.00700 e. The molecule has 2 atom stereocenters. The minimum atomic E-state index is 0.370. The van der Waals surface area contributed by atoms with Gasteiger partial charge < -0.3 is 0 Å². The molecule has 3 rings (SSSR count). The van der Waals surface area contributed by atoms with Gasteiger partial charge in [-0.25, -0.2) is 0 Å². The second kappa shape index (κ2) is 9.30. The SMILES string of the molecule is CC.CC.CC1=C(/C=C/C2=CCC=C2)C(C)(C)C2CCCCC12. The largest absolute Gasteiger partial charge is 0.0801 e. The van der Waals surface area contributed by atoms with Crippen molar-refractivity contribution in [3.63, 3.8) is 0 Å². The normalized spacial score (nSPS) is 27.9. The van der Waals surface area contributed by atoms with Crippen LogP contribution in [0.15, 0.2) is 47.1 Å². The molecule has 23 heavy (non-hydrogen) atoms. The van der Waals surface area contributed by atoms with Gasteiger partial charge in [-0.15, -0.1) is 0 Å². The minimum Gasteiger partial charge on any atom is -0.0801 e. The van der Waals surface area contributed by atoms with Crippen LogP contribution in [0.3, 0.4) is 0 Å². The summed E-state index contributed by atoms with van der Waals surface area (Å²) in [6.45, 7) is 15.3. The van der Waals surface area contributed by atoms with Crippen LogP contribution in [0.25, 0.3) is 0 Å². The molecule has 3 aliphatic rings. The number of fused-ring (bicyclic) bond motifs is 1. The van der Waals surface area contributed by atoms with Crippen molar-refractivity contribution in [1.82, 2.24) is 0 Å². The van der Waals surface area contributed by atoms with E-state index in [2.05, 4.69) is 51.2 Å². The predicted octanol–water partition coefficient (Wildman–Crippen LogP) is 7.64. The quantitative estimate of drug-likeness (QED) is 0.491. The van der Waals surface area contributed by atoms with Gasteiger partial charge in [0, 0.05) is 0 Å². The third-order valence-corrected chi connectivity index (χ3v) is 5.61. The van der Waals surface area contributed by atoms with Crippen LogP contribution >= 0.6 is 0 Å². The highest BCUT2D eigenvalue weighted by molar-refractivity contribution is 5.44. The molecule has 0 aliphatic heterocycles. The molecule has 0 heterocycles. The van der Waals surface area contributed by atoms with E-state index in [0.717, 1.165) is 18.3 Å². The van der Waals surface area contributed by atoms with Crippen molar-refractivity contribution in [3.05, 3.63) is 47.1 Å². The molecule has 1 saturated carbocycles. The van der Waals surface area contributed by atoms with Gasteiger partial charge in [0.25, 0.3) is 0 Å². The Labute approximate surface area is 145 Å². The highest BCUT2D eigenvalue weighted by Gasteiger charge is 2.45. The Kier molecular flexibility index (Phi) is 8.09. The molecule has 2 unspecified atom stereocenters. The number of allylic oxidation sites excluding steroid dienone is 8. The molecule has 0 heteroatoms. The molecule has 0 amide bonds. The number of hydrogen-bond donors (Lipinski definition) is 0. The molecule has 0 saturated heterocycles. The second-order valence-electron chi connectivity index (χ2n) is 6.99. The Hall–Kier alpha value is -1.04. The molecule has 0 spiro atoms. The van der Waals surface area contributed by atoms with Gasteiger partial charge in [-0.3, -0.25) is 0 Å². The van der Waals surface area contributed by atoms with Crippen LogP contribution in [0.5, 0.6) is 0 Å². The third-order valence-electron chi connectivity index (χ3n) is 5.61. The molecule has 0 radical (unpaired) electrons. The molecule has 0 aromatic heterocycles. The number of hydrogen-bond acceptors (Lipinski definition) is 0. The fourth-order valence-corrected chi connectivity index (χ4v) is 4.55. The maximum absolute atomic E-state index is 2.46. The van der Waals surface area contributed by atoms with Crippen LogP contribution in [0.4, 0.5) is 0 Å². The van der Waals surface area contributed by atoms with E-state index >= 15 is 0 Å². The van der Waals surface area contributed by atoms with Gasteiger partial charge in [0.05, 0.1) is 0 Å². The Morgan fingerprint density at radius 2 is 1.65 bits per heavy atom. The lowest BCUT2D eigenvalue weighted by Crippen LogP contribution is -2.27. The molecule has 0 N–H and O–H groups in total. The summed E-state index contributed by atoms with van der Waals surface area (Å²) in [7, 11) is 0. The van der Waals surface area contributed by atoms with Crippen molar-refractivity contribution in [2.24, 2.45) is 17.3 Å². The van der Waals surface area contributed by atoms with E-state index in [1.807, 2.05) is 27.7 Å². The highest BCUT2D eigenvalue weighted by Crippen LogP contribution is 2.56. The standard InChI is InChI=1S/C19H26.2C2H6/c1-14-16-10-6-7-11-18(16)19(2,3)17(14)13-12-15-8-4-5-9-15;2*1-2/h4,8-9,12-13,16,18H,5-7,10-11H2,1-3H3;2*1-2H3/b13-12+;;. The maximum Gasteiger partial charge on any atom is -0.00700 e. The van der Waals surface area contributed by atoms with Crippen LogP contribution in [0, 0.1) is 17.3 Å². The topological polar surface area (TPSA) is 0 Å². The molecule has 1 fully saturated rings. The molecule has 0 bridgehead atoms. The van der Waals surface area contributed by atoms with Gasteiger partial charge >= 0.3 is 0 Å². The molecule has 3 aliphatic carbocycles. The van der Waals surface area contributed by atoms with E-state index in [0.29, 0.717) is 5.41 Å². The lowest BCUT2D eigenvalue weighted by atomic mass is 9.68. The molecular weight excluding hydrogens is 276 g/mol. The van der Waals surface area contributed by atoms with Crippen molar-refractivity contribution in [3.8, 4) is 0 Å². The summed E-state index contributed by atoms with van der Waals surface area (Å²) in [5, 5.41) is 0. The zero-order valence-corrected chi connectivity index (χ0v) is 16.6. The average molecular weight is 315 g/mol. The first-order chi connectivity index (χ1) is 11.1. The van der Waals surface area contributed by atoms with Gasteiger partial charge in [-0.05, 0) is 54.6 Å². The van der Waals surface area contributed by atoms with Gasteiger partial charge in [0.15, 0.2) is 0 Å². The first kappa shape index (κ1) is 20.0. The molecule has 130 valence electrons. The summed E-state index contributed by atoms with van der Waals surface area (Å²) in [6.07, 6.45) is 18.3. The van der Waals surface area contributed by atoms with Gasteiger partial charge in [-0.2, -0.15) is 0 Å². The third kappa shape index (κ3) is 4.28. The average Bonchev–Trinajstić information content (AvgIpc) is 3.17. The van der Waals surface area contributed by atoms with Crippen LogP contribution < -0.4 is 0 Å². The fraction of sp³-hybridized carbons (Fsp3) is 0.652. The molecule has 0 nitrogen and oxygen atoms in total. The summed E-state index contributed by atoms with van der Waals surface area (Å²) >= 11 is 0. The van der Waals surface area contributed by atoms with Gasteiger partial charge in [-0.1, -0.05) is 90.3 Å². The summed E-state index contributed by atoms with van der Waals surface area (Å²) in [5.74, 6) is 1.74. The predicted molar refractivity (Wildman–Crippen MR) is 106 cm³/mol. The maximum atomic E-state index is 2.46. The van der Waals surface area contributed by atoms with E-state index in [1.165, 1.54) is 31.3 Å². The first-order valence-corrected chi connectivity index (χ1v) is 9.87. The van der Waals surface area contributed by atoms with E-state index in [4.69, 9.17) is 0 Å². The van der Waals surface area contributed by atoms with Crippen molar-refractivity contribution < 1.29 is 0 Å². The summed E-state index contributed by atoms with van der Waals surface area (Å²) in [5.41, 5.74) is 5.04. The minimum absolute atomic E-state index is 0.370. The summed E-state index contributed by atoms with van der Waals surface area (Å²) in [4.78, 5) is 0. The van der Waals surface area contributed by atoms with E-state index < -0.39 is 0 Å². The zero-order valence-electron chi connectivity index (χ0n) is 16.6. The fourth-order valence-electron chi connectivity index (χ4n) is 4.55. The monoisotopic (exact) mass is 314 g/mol. The summed E-state index contributed by atoms with van der Waals surface area (Å²) in [6, 6.07) is 0. The molecule has 0 aromatic rings. The van der Waals surface area contributed by atoms with E-state index in [9.17, 15) is 0 Å². The van der Waals surface area contributed by atoms with Crippen molar-refractivity contribution in [1.29, 1.82) is 0 Å². The van der Waals surface area contributed by atoms with Crippen molar-refractivity contribution >= 4 is 0 Å². The second-order valence-corrected chi connectivity index (χ2v) is 6.99. The van der Waals surface area contributed by atoms with Crippen LogP contribution in [0.1, 0.15) is 80.6 Å². The first-order valence-electron chi connectivity index (χ1n) is 9.87. The Balaban J connectivity index is 0.000000615. The Morgan fingerprint density at radius 1 is 1.00 bits per heavy atom. The lowest BCUT2D eigenvalue weighted by molar-refractivity contribution is 0.176. The van der Waals surface area contributed by atoms with E-state index in [1.54, 1.807) is 11.1 Å². The highest BCUT2D eigenvalue weighted by atomic mass is 14.5. The molecule has 0 aromatic carbocycles. The van der Waals surface area contributed by atoms with Gasteiger partial charge in [0.2, 0.25) is 0 Å². The van der Waals surface area contributed by atoms with E-state index in [-0.39, 0.29) is 0 Å². The van der Waals surface area contributed by atoms with Crippen molar-refractivity contribution in [2.75, 3.05) is 0 Å². The zero-order chi connectivity index (χ0) is 17.5. The Bertz CT molecular complexity index is 482. The number of rotatable bonds is 2. The lowest BCUT2D eigenvalue weighted by Gasteiger charge is -2.36. The van der Waals surface area contributed by atoms with Gasteiger partial charge in [0.1, 0.15) is 0 Å². The van der Waals surface area contributed by atoms with Crippen LogP contribution in [-0.2, 0) is 0 Å².